The molecule has 43 heavy (non-hydrogen) atoms. The second kappa shape index (κ2) is 13.3. The van der Waals surface area contributed by atoms with Crippen molar-refractivity contribution in [2.75, 3.05) is 50.7 Å². The first-order valence-corrected chi connectivity index (χ1v) is 17.1. The fraction of sp³-hybridized carbons (Fsp3) is 0.545. The predicted molar refractivity (Wildman–Crippen MR) is 169 cm³/mol. The molecule has 8 nitrogen and oxygen atoms in total. The van der Waals surface area contributed by atoms with Gasteiger partial charge in [-0.1, -0.05) is 29.8 Å². The van der Waals surface area contributed by atoms with Gasteiger partial charge in [0.25, 0.3) is 5.91 Å². The maximum atomic E-state index is 13.2. The lowest BCUT2D eigenvalue weighted by molar-refractivity contribution is 0.0112. The van der Waals surface area contributed by atoms with Crippen molar-refractivity contribution < 1.29 is 28.3 Å². The maximum absolute atomic E-state index is 13.2. The highest BCUT2D eigenvalue weighted by Gasteiger charge is 2.44. The third kappa shape index (κ3) is 6.52. The number of anilines is 1. The fourth-order valence-corrected chi connectivity index (χ4v) is 8.39. The summed E-state index contributed by atoms with van der Waals surface area (Å²) in [5.41, 5.74) is 3.65. The number of carbonyl (C=O) groups excluding carboxylic acids is 1. The van der Waals surface area contributed by atoms with Gasteiger partial charge in [-0.15, -0.1) is 0 Å². The van der Waals surface area contributed by atoms with Gasteiger partial charge >= 0.3 is 0 Å². The summed E-state index contributed by atoms with van der Waals surface area (Å²) in [7, 11) is -0.384. The lowest BCUT2D eigenvalue weighted by Crippen LogP contribution is -2.49. The number of ether oxygens (including phenoxy) is 3. The molecule has 6 rings (SSSR count). The Morgan fingerprint density at radius 1 is 1.19 bits per heavy atom. The summed E-state index contributed by atoms with van der Waals surface area (Å²) in [5.74, 6) is 1.18. The molecule has 2 aliphatic carbocycles. The number of benzene rings is 2. The highest BCUT2D eigenvalue weighted by atomic mass is 35.5. The standard InChI is InChI=1S/C33H41ClN2O6S/c1-40-30-11-7-26(41-15-14-37)12-16-43(39)35-32(38)23-5-10-31-29(18-23)36(19-24-4-8-27(24)30)20-33(21-42-31)13-2-3-22-17-25(34)6-9-28(22)33/h5-7,9-11,17-18,24,26-27,30,37,43H,2-4,8,12-16,19-21H2,1H3/b11-7+/t24-,26-,27+,30-,33-/m0/s1. The fourth-order valence-electron chi connectivity index (χ4n) is 7.30. The van der Waals surface area contributed by atoms with E-state index < -0.39 is 16.5 Å². The van der Waals surface area contributed by atoms with Gasteiger partial charge in [0, 0.05) is 52.5 Å². The van der Waals surface area contributed by atoms with Crippen molar-refractivity contribution >= 4 is 33.8 Å². The van der Waals surface area contributed by atoms with Crippen molar-refractivity contribution in [3.63, 3.8) is 0 Å². The summed E-state index contributed by atoms with van der Waals surface area (Å²) in [6, 6.07) is 11.7. The Bertz CT molecular complexity index is 1460. The van der Waals surface area contributed by atoms with Gasteiger partial charge in [0.2, 0.25) is 0 Å². The van der Waals surface area contributed by atoms with Gasteiger partial charge in [-0.3, -0.25) is 9.00 Å². The zero-order chi connectivity index (χ0) is 30.0. The van der Waals surface area contributed by atoms with E-state index in [4.69, 9.17) is 25.8 Å². The van der Waals surface area contributed by atoms with Gasteiger partial charge in [-0.05, 0) is 91.8 Å². The average molecular weight is 629 g/mol. The minimum Gasteiger partial charge on any atom is -0.490 e. The first-order valence-electron chi connectivity index (χ1n) is 15.3. The molecule has 1 N–H and O–H groups in total. The Morgan fingerprint density at radius 3 is 2.86 bits per heavy atom. The van der Waals surface area contributed by atoms with E-state index in [-0.39, 0.29) is 36.6 Å². The van der Waals surface area contributed by atoms with Crippen LogP contribution in [0.5, 0.6) is 5.75 Å². The number of halogens is 1. The monoisotopic (exact) mass is 628 g/mol. The minimum absolute atomic E-state index is 0.0903. The van der Waals surface area contributed by atoms with Crippen LogP contribution in [0.3, 0.4) is 0 Å². The summed E-state index contributed by atoms with van der Waals surface area (Å²) in [6.07, 6.45) is 9.19. The Labute approximate surface area is 260 Å². The smallest absolute Gasteiger partial charge is 0.284 e. The maximum Gasteiger partial charge on any atom is 0.284 e. The van der Waals surface area contributed by atoms with Crippen LogP contribution in [0.1, 0.15) is 53.6 Å². The van der Waals surface area contributed by atoms with Crippen molar-refractivity contribution in [1.29, 1.82) is 0 Å². The molecule has 1 amide bonds. The molecule has 1 saturated carbocycles. The number of nitrogens with zero attached hydrogens (tertiary/aromatic N) is 2. The van der Waals surface area contributed by atoms with E-state index in [0.717, 1.165) is 61.7 Å². The molecule has 2 heterocycles. The van der Waals surface area contributed by atoms with E-state index in [1.807, 2.05) is 24.3 Å². The van der Waals surface area contributed by atoms with Crippen LogP contribution in [0.2, 0.25) is 5.02 Å². The molecule has 0 aromatic heterocycles. The minimum atomic E-state index is -2.13. The van der Waals surface area contributed by atoms with Crippen LogP contribution < -0.4 is 9.64 Å². The molecule has 0 radical (unpaired) electrons. The van der Waals surface area contributed by atoms with Crippen LogP contribution in [-0.4, -0.2) is 73.2 Å². The second-order valence-electron chi connectivity index (χ2n) is 12.3. The zero-order valence-corrected chi connectivity index (χ0v) is 26.3. The molecule has 6 atom stereocenters. The van der Waals surface area contributed by atoms with E-state index in [2.05, 4.69) is 27.5 Å². The molecule has 4 aliphatic rings. The molecule has 2 aliphatic heterocycles. The summed E-state index contributed by atoms with van der Waals surface area (Å²) >= 11 is 6.41. The van der Waals surface area contributed by atoms with Crippen LogP contribution in [0, 0.1) is 11.8 Å². The largest absolute Gasteiger partial charge is 0.490 e. The van der Waals surface area contributed by atoms with Crippen LogP contribution in [0.4, 0.5) is 5.69 Å². The van der Waals surface area contributed by atoms with Crippen LogP contribution >= 0.6 is 11.6 Å². The normalized spacial score (nSPS) is 31.9. The lowest BCUT2D eigenvalue weighted by Gasteiger charge is -2.46. The van der Waals surface area contributed by atoms with E-state index in [9.17, 15) is 14.1 Å². The number of thiol groups is 1. The number of hydrogen-bond acceptors (Lipinski definition) is 7. The highest BCUT2D eigenvalue weighted by Crippen LogP contribution is 2.47. The molecule has 1 unspecified atom stereocenters. The van der Waals surface area contributed by atoms with Gasteiger partial charge in [0.15, 0.2) is 0 Å². The Balaban J connectivity index is 1.40. The first-order chi connectivity index (χ1) is 20.9. The van der Waals surface area contributed by atoms with Gasteiger partial charge in [-0.2, -0.15) is 4.36 Å². The van der Waals surface area contributed by atoms with Gasteiger partial charge in [0.05, 0.1) is 37.7 Å². The predicted octanol–water partition coefficient (Wildman–Crippen LogP) is 5.00. The number of carbonyl (C=O) groups is 1. The topological polar surface area (TPSA) is 97.7 Å². The van der Waals surface area contributed by atoms with Crippen LogP contribution in [-0.2, 0) is 31.9 Å². The van der Waals surface area contributed by atoms with Crippen molar-refractivity contribution in [3.05, 3.63) is 70.3 Å². The molecule has 232 valence electrons. The van der Waals surface area contributed by atoms with Gasteiger partial charge in [-0.25, -0.2) is 0 Å². The number of amides is 1. The number of hydrogen-bond donors (Lipinski definition) is 2. The number of aliphatic hydroxyl groups excluding tert-OH is 1. The summed E-state index contributed by atoms with van der Waals surface area (Å²) in [4.78, 5) is 15.6. The summed E-state index contributed by atoms with van der Waals surface area (Å²) < 4.78 is 35.3. The quantitative estimate of drug-likeness (QED) is 0.363. The van der Waals surface area contributed by atoms with E-state index >= 15 is 0 Å². The van der Waals surface area contributed by atoms with Crippen LogP contribution in [0.15, 0.2) is 52.9 Å². The molecular weight excluding hydrogens is 588 g/mol. The van der Waals surface area contributed by atoms with Crippen molar-refractivity contribution in [3.8, 4) is 5.75 Å². The van der Waals surface area contributed by atoms with Gasteiger partial charge < -0.3 is 24.2 Å². The number of methoxy groups -OCH3 is 1. The molecule has 2 bridgehead atoms. The van der Waals surface area contributed by atoms with Crippen molar-refractivity contribution in [2.45, 2.75) is 56.1 Å². The van der Waals surface area contributed by atoms with E-state index in [0.29, 0.717) is 30.4 Å². The third-order valence-corrected chi connectivity index (χ3v) is 10.9. The third-order valence-electron chi connectivity index (χ3n) is 9.66. The zero-order valence-electron chi connectivity index (χ0n) is 24.6. The number of aryl methyl sites for hydroxylation is 1. The number of fused-ring (bicyclic) bond motifs is 4. The second-order valence-corrected chi connectivity index (χ2v) is 14.1. The van der Waals surface area contributed by atoms with E-state index in [1.54, 1.807) is 13.2 Å². The Hall–Kier alpha value is -2.43. The van der Waals surface area contributed by atoms with Crippen molar-refractivity contribution in [2.24, 2.45) is 16.2 Å². The summed E-state index contributed by atoms with van der Waals surface area (Å²) in [5, 5.41) is 10.1. The molecule has 10 heteroatoms. The van der Waals surface area contributed by atoms with E-state index in [1.165, 1.54) is 11.1 Å². The molecule has 1 fully saturated rings. The molecule has 2 aromatic carbocycles. The lowest BCUT2D eigenvalue weighted by atomic mass is 9.68. The average Bonchev–Trinajstić information content (AvgIpc) is 3.14. The number of aliphatic hydroxyl groups is 1. The Morgan fingerprint density at radius 2 is 2.07 bits per heavy atom. The summed E-state index contributed by atoms with van der Waals surface area (Å²) in [6.45, 7) is 2.17. The molecule has 0 saturated heterocycles. The molecule has 2 aromatic rings. The first kappa shape index (κ1) is 30.6. The Kier molecular flexibility index (Phi) is 9.45. The highest BCUT2D eigenvalue weighted by molar-refractivity contribution is 7.75. The number of rotatable bonds is 4. The SMILES string of the molecule is CO[C@H]1/C=C/[C@H](OCCO)CC/[SH](=O)=N\C(=O)c2ccc3c(c2)N(C[C@@H]2CC[C@H]21)C[C@@]1(CCCc2cc(Cl)ccc21)CO3. The van der Waals surface area contributed by atoms with Crippen molar-refractivity contribution in [1.82, 2.24) is 0 Å². The van der Waals surface area contributed by atoms with Crippen LogP contribution in [0.25, 0.3) is 0 Å². The molecular formula is C33H41ClN2O6S. The van der Waals surface area contributed by atoms with Gasteiger partial charge in [0.1, 0.15) is 5.75 Å². The molecule has 1 spiro atoms.